The molecule has 0 aliphatic carbocycles. The fraction of sp³-hybridized carbons (Fsp3) is 0.250. The molecule has 2 aromatic carbocycles. The van der Waals surface area contributed by atoms with E-state index in [0.717, 1.165) is 11.1 Å². The number of aliphatic hydroxyl groups excluding tert-OH is 1. The lowest BCUT2D eigenvalue weighted by Gasteiger charge is -2.16. The van der Waals surface area contributed by atoms with E-state index < -0.39 is 6.10 Å². The number of halogens is 1. The van der Waals surface area contributed by atoms with Crippen molar-refractivity contribution in [3.05, 3.63) is 63.7 Å². The minimum atomic E-state index is -0.743. The molecule has 3 heteroatoms. The van der Waals surface area contributed by atoms with Crippen LogP contribution in [-0.4, -0.2) is 12.2 Å². The number of rotatable bonds is 3. The first-order chi connectivity index (χ1) is 9.02. The lowest BCUT2D eigenvalue weighted by molar-refractivity contribution is 0.214. The summed E-state index contributed by atoms with van der Waals surface area (Å²) in [7, 11) is 1.58. The highest BCUT2D eigenvalue weighted by Gasteiger charge is 2.16. The lowest BCUT2D eigenvalue weighted by Crippen LogP contribution is -2.03. The molecule has 1 N–H and O–H groups in total. The fourth-order valence-corrected chi connectivity index (χ4v) is 2.21. The standard InChI is InChI=1S/C16H17ClO2/c1-10-4-5-12(8-11(10)2)16(18)14-9-13(17)6-7-15(14)19-3/h4-9,16,18H,1-3H3. The van der Waals surface area contributed by atoms with Gasteiger partial charge in [-0.25, -0.2) is 0 Å². The first kappa shape index (κ1) is 13.9. The third-order valence-corrected chi connectivity index (χ3v) is 3.57. The molecule has 0 radical (unpaired) electrons. The second-order valence-corrected chi connectivity index (χ2v) is 5.07. The van der Waals surface area contributed by atoms with Crippen molar-refractivity contribution >= 4 is 11.6 Å². The molecular weight excluding hydrogens is 260 g/mol. The molecule has 19 heavy (non-hydrogen) atoms. The van der Waals surface area contributed by atoms with Gasteiger partial charge in [-0.15, -0.1) is 0 Å². The van der Waals surface area contributed by atoms with E-state index in [2.05, 4.69) is 0 Å². The summed E-state index contributed by atoms with van der Waals surface area (Å²) < 4.78 is 5.28. The zero-order chi connectivity index (χ0) is 14.0. The summed E-state index contributed by atoms with van der Waals surface area (Å²) in [6.45, 7) is 4.08. The number of hydrogen-bond acceptors (Lipinski definition) is 2. The Balaban J connectivity index is 2.45. The van der Waals surface area contributed by atoms with Gasteiger partial charge in [-0.05, 0) is 48.7 Å². The van der Waals surface area contributed by atoms with E-state index in [1.54, 1.807) is 25.3 Å². The number of benzene rings is 2. The van der Waals surface area contributed by atoms with Gasteiger partial charge in [-0.3, -0.25) is 0 Å². The quantitative estimate of drug-likeness (QED) is 0.916. The van der Waals surface area contributed by atoms with E-state index in [1.165, 1.54) is 5.56 Å². The molecule has 0 aliphatic heterocycles. The van der Waals surface area contributed by atoms with Crippen LogP contribution in [0, 0.1) is 13.8 Å². The van der Waals surface area contributed by atoms with Gasteiger partial charge in [0.25, 0.3) is 0 Å². The van der Waals surface area contributed by atoms with Gasteiger partial charge in [0.1, 0.15) is 11.9 Å². The van der Waals surface area contributed by atoms with Gasteiger partial charge < -0.3 is 9.84 Å². The summed E-state index contributed by atoms with van der Waals surface area (Å²) >= 11 is 6.00. The Kier molecular flexibility index (Phi) is 4.13. The minimum Gasteiger partial charge on any atom is -0.496 e. The monoisotopic (exact) mass is 276 g/mol. The zero-order valence-corrected chi connectivity index (χ0v) is 12.0. The molecule has 100 valence electrons. The summed E-state index contributed by atoms with van der Waals surface area (Å²) in [6, 6.07) is 11.2. The van der Waals surface area contributed by atoms with Crippen LogP contribution in [-0.2, 0) is 0 Å². The molecule has 2 nitrogen and oxygen atoms in total. The fourth-order valence-electron chi connectivity index (χ4n) is 2.03. The lowest BCUT2D eigenvalue weighted by atomic mass is 9.97. The Morgan fingerprint density at radius 3 is 2.42 bits per heavy atom. The average Bonchev–Trinajstić information content (AvgIpc) is 2.41. The van der Waals surface area contributed by atoms with E-state index >= 15 is 0 Å². The van der Waals surface area contributed by atoms with Gasteiger partial charge in [0, 0.05) is 10.6 Å². The Morgan fingerprint density at radius 2 is 1.79 bits per heavy atom. The predicted octanol–water partition coefficient (Wildman–Crippen LogP) is 4.05. The summed E-state index contributed by atoms with van der Waals surface area (Å²) in [5, 5.41) is 11.1. The zero-order valence-electron chi connectivity index (χ0n) is 11.3. The maximum atomic E-state index is 10.5. The summed E-state index contributed by atoms with van der Waals surface area (Å²) in [6.07, 6.45) is -0.743. The Bertz CT molecular complexity index is 593. The average molecular weight is 277 g/mol. The first-order valence-electron chi connectivity index (χ1n) is 6.11. The van der Waals surface area contributed by atoms with Gasteiger partial charge in [-0.1, -0.05) is 29.8 Å². The third-order valence-electron chi connectivity index (χ3n) is 3.33. The van der Waals surface area contributed by atoms with Gasteiger partial charge in [-0.2, -0.15) is 0 Å². The number of hydrogen-bond donors (Lipinski definition) is 1. The molecular formula is C16H17ClO2. The van der Waals surface area contributed by atoms with Crippen molar-refractivity contribution in [1.29, 1.82) is 0 Å². The van der Waals surface area contributed by atoms with Crippen LogP contribution in [0.1, 0.15) is 28.4 Å². The van der Waals surface area contributed by atoms with Crippen LogP contribution in [0.3, 0.4) is 0 Å². The molecule has 0 amide bonds. The topological polar surface area (TPSA) is 29.5 Å². The van der Waals surface area contributed by atoms with Crippen LogP contribution in [0.25, 0.3) is 0 Å². The molecule has 0 aromatic heterocycles. The largest absolute Gasteiger partial charge is 0.496 e. The maximum absolute atomic E-state index is 10.5. The molecule has 0 saturated heterocycles. The SMILES string of the molecule is COc1ccc(Cl)cc1C(O)c1ccc(C)c(C)c1. The van der Waals surface area contributed by atoms with E-state index in [4.69, 9.17) is 16.3 Å². The van der Waals surface area contributed by atoms with Gasteiger partial charge in [0.05, 0.1) is 7.11 Å². The molecule has 1 atom stereocenters. The number of aliphatic hydroxyl groups is 1. The van der Waals surface area contributed by atoms with E-state index in [9.17, 15) is 5.11 Å². The van der Waals surface area contributed by atoms with Crippen LogP contribution < -0.4 is 4.74 Å². The number of methoxy groups -OCH3 is 1. The first-order valence-corrected chi connectivity index (χ1v) is 6.49. The molecule has 2 rings (SSSR count). The molecule has 0 saturated carbocycles. The van der Waals surface area contributed by atoms with Crippen molar-refractivity contribution in [1.82, 2.24) is 0 Å². The highest BCUT2D eigenvalue weighted by Crippen LogP contribution is 2.32. The maximum Gasteiger partial charge on any atom is 0.125 e. The summed E-state index contributed by atoms with van der Waals surface area (Å²) in [4.78, 5) is 0. The van der Waals surface area contributed by atoms with Crippen molar-refractivity contribution in [2.24, 2.45) is 0 Å². The smallest absolute Gasteiger partial charge is 0.125 e. The molecule has 0 fully saturated rings. The van der Waals surface area contributed by atoms with E-state index in [1.807, 2.05) is 32.0 Å². The Morgan fingerprint density at radius 1 is 1.05 bits per heavy atom. The van der Waals surface area contributed by atoms with Crippen molar-refractivity contribution in [3.8, 4) is 5.75 Å². The molecule has 0 heterocycles. The van der Waals surface area contributed by atoms with Crippen LogP contribution in [0.4, 0.5) is 0 Å². The van der Waals surface area contributed by atoms with E-state index in [0.29, 0.717) is 16.3 Å². The van der Waals surface area contributed by atoms with Crippen LogP contribution in [0.2, 0.25) is 5.02 Å². The second kappa shape index (κ2) is 5.64. The third kappa shape index (κ3) is 2.91. The van der Waals surface area contributed by atoms with Crippen molar-refractivity contribution in [2.75, 3.05) is 7.11 Å². The van der Waals surface area contributed by atoms with Crippen molar-refractivity contribution in [2.45, 2.75) is 20.0 Å². The van der Waals surface area contributed by atoms with Gasteiger partial charge in [0.15, 0.2) is 0 Å². The van der Waals surface area contributed by atoms with Gasteiger partial charge >= 0.3 is 0 Å². The van der Waals surface area contributed by atoms with Crippen molar-refractivity contribution < 1.29 is 9.84 Å². The Hall–Kier alpha value is -1.51. The van der Waals surface area contributed by atoms with Crippen molar-refractivity contribution in [3.63, 3.8) is 0 Å². The summed E-state index contributed by atoms with van der Waals surface area (Å²) in [5.74, 6) is 0.634. The normalized spacial score (nSPS) is 12.3. The molecule has 0 bridgehead atoms. The van der Waals surface area contributed by atoms with Gasteiger partial charge in [0.2, 0.25) is 0 Å². The molecule has 0 aliphatic rings. The molecule has 0 spiro atoms. The van der Waals surface area contributed by atoms with Crippen LogP contribution in [0.15, 0.2) is 36.4 Å². The highest BCUT2D eigenvalue weighted by atomic mass is 35.5. The molecule has 1 unspecified atom stereocenters. The van der Waals surface area contributed by atoms with E-state index in [-0.39, 0.29) is 0 Å². The van der Waals surface area contributed by atoms with Crippen LogP contribution >= 0.6 is 11.6 Å². The number of ether oxygens (including phenoxy) is 1. The second-order valence-electron chi connectivity index (χ2n) is 4.63. The highest BCUT2D eigenvalue weighted by molar-refractivity contribution is 6.30. The van der Waals surface area contributed by atoms with Crippen LogP contribution in [0.5, 0.6) is 5.75 Å². The number of aryl methyl sites for hydroxylation is 2. The predicted molar refractivity (Wildman–Crippen MR) is 78.0 cm³/mol. The Labute approximate surface area is 118 Å². The minimum absolute atomic E-state index is 0.582. The molecule has 2 aromatic rings. The summed E-state index contributed by atoms with van der Waals surface area (Å²) in [5.41, 5.74) is 3.87.